The predicted octanol–water partition coefficient (Wildman–Crippen LogP) is 5.81. The van der Waals surface area contributed by atoms with Crippen molar-refractivity contribution in [1.29, 1.82) is 0 Å². The molecular weight excluding hydrogens is 631 g/mol. The van der Waals surface area contributed by atoms with Gasteiger partial charge in [-0.2, -0.15) is 4.31 Å². The zero-order valence-corrected chi connectivity index (χ0v) is 26.1. The van der Waals surface area contributed by atoms with Crippen LogP contribution in [-0.2, 0) is 33.0 Å². The van der Waals surface area contributed by atoms with Gasteiger partial charge in [-0.3, -0.25) is 0 Å². The van der Waals surface area contributed by atoms with Crippen molar-refractivity contribution >= 4 is 53.9 Å². The minimum absolute atomic E-state index is 0.111. The Morgan fingerprint density at radius 3 is 2.52 bits per heavy atom. The monoisotopic (exact) mass is 658 g/mol. The maximum Gasteiger partial charge on any atom is 0.211 e. The smallest absolute Gasteiger partial charge is 0.211 e. The SMILES string of the molecule is CS(=O)(=O)CCN(Cc1ccc(-c2ccc3ncnc(Nc4ccc(OCc5cccc(F)c5)c(Cl)c4)c3c2)o1)S(C)(=O)=O. The lowest BCUT2D eigenvalue weighted by Gasteiger charge is -2.18. The number of hydrogen-bond donors (Lipinski definition) is 1. The normalized spacial score (nSPS) is 12.1. The number of nitrogens with zero attached hydrogens (tertiary/aromatic N) is 3. The Morgan fingerprint density at radius 1 is 0.977 bits per heavy atom. The van der Waals surface area contributed by atoms with Gasteiger partial charge in [-0.25, -0.2) is 31.2 Å². The van der Waals surface area contributed by atoms with Gasteiger partial charge in [0.2, 0.25) is 10.0 Å². The zero-order chi connectivity index (χ0) is 31.5. The van der Waals surface area contributed by atoms with Crippen LogP contribution in [0.3, 0.4) is 0 Å². The van der Waals surface area contributed by atoms with Crippen molar-refractivity contribution in [2.24, 2.45) is 0 Å². The lowest BCUT2D eigenvalue weighted by Crippen LogP contribution is -2.33. The summed E-state index contributed by atoms with van der Waals surface area (Å²) >= 11 is 6.47. The summed E-state index contributed by atoms with van der Waals surface area (Å²) in [5.74, 6) is 1.15. The van der Waals surface area contributed by atoms with E-state index in [4.69, 9.17) is 20.8 Å². The van der Waals surface area contributed by atoms with Gasteiger partial charge >= 0.3 is 0 Å². The molecule has 1 N–H and O–H groups in total. The van der Waals surface area contributed by atoms with Gasteiger partial charge < -0.3 is 14.5 Å². The maximum absolute atomic E-state index is 13.5. The van der Waals surface area contributed by atoms with Crippen LogP contribution in [0.15, 0.2) is 83.5 Å². The number of anilines is 2. The highest BCUT2D eigenvalue weighted by molar-refractivity contribution is 7.91. The molecule has 0 aliphatic rings. The van der Waals surface area contributed by atoms with E-state index in [1.54, 1.807) is 42.5 Å². The highest BCUT2D eigenvalue weighted by atomic mass is 35.5. The second kappa shape index (κ2) is 12.9. The number of ether oxygens (including phenoxy) is 1. The van der Waals surface area contributed by atoms with Crippen molar-refractivity contribution in [2.45, 2.75) is 13.2 Å². The van der Waals surface area contributed by atoms with Crippen LogP contribution in [0.2, 0.25) is 5.02 Å². The predicted molar refractivity (Wildman–Crippen MR) is 168 cm³/mol. The zero-order valence-electron chi connectivity index (χ0n) is 23.7. The summed E-state index contributed by atoms with van der Waals surface area (Å²) in [7, 11) is -7.03. The average Bonchev–Trinajstić information content (AvgIpc) is 3.42. The summed E-state index contributed by atoms with van der Waals surface area (Å²) in [6.45, 7) is -0.133. The Labute approximate surface area is 259 Å². The van der Waals surface area contributed by atoms with Gasteiger partial charge in [-0.1, -0.05) is 23.7 Å². The molecule has 0 unspecified atom stereocenters. The molecule has 0 atom stereocenters. The molecule has 0 saturated heterocycles. The molecule has 230 valence electrons. The van der Waals surface area contributed by atoms with E-state index in [-0.39, 0.29) is 31.3 Å². The van der Waals surface area contributed by atoms with Crippen molar-refractivity contribution in [1.82, 2.24) is 14.3 Å². The number of benzene rings is 3. The van der Waals surface area contributed by atoms with Crippen LogP contribution in [0.5, 0.6) is 5.75 Å². The molecule has 5 rings (SSSR count). The maximum atomic E-state index is 13.5. The first-order chi connectivity index (χ1) is 20.8. The third kappa shape index (κ3) is 8.11. The van der Waals surface area contributed by atoms with Crippen LogP contribution in [-0.4, -0.2) is 55.9 Å². The average molecular weight is 659 g/mol. The molecule has 10 nitrogen and oxygen atoms in total. The highest BCUT2D eigenvalue weighted by Crippen LogP contribution is 2.33. The molecule has 14 heteroatoms. The third-order valence-electron chi connectivity index (χ3n) is 6.57. The van der Waals surface area contributed by atoms with Crippen LogP contribution in [0.4, 0.5) is 15.9 Å². The van der Waals surface area contributed by atoms with E-state index in [0.29, 0.717) is 55.8 Å². The largest absolute Gasteiger partial charge is 0.487 e. The number of furan rings is 1. The van der Waals surface area contributed by atoms with Gasteiger partial charge in [0.25, 0.3) is 0 Å². The molecule has 2 heterocycles. The van der Waals surface area contributed by atoms with Gasteiger partial charge in [-0.15, -0.1) is 0 Å². The molecule has 3 aromatic carbocycles. The number of hydrogen-bond acceptors (Lipinski definition) is 9. The number of aromatic nitrogens is 2. The van der Waals surface area contributed by atoms with E-state index in [0.717, 1.165) is 16.8 Å². The van der Waals surface area contributed by atoms with E-state index in [1.165, 1.54) is 18.5 Å². The summed E-state index contributed by atoms with van der Waals surface area (Å²) in [5.41, 5.74) is 2.69. The van der Waals surface area contributed by atoms with Crippen molar-refractivity contribution in [3.8, 4) is 17.1 Å². The van der Waals surface area contributed by atoms with Crippen molar-refractivity contribution in [3.05, 3.63) is 101 Å². The van der Waals surface area contributed by atoms with Gasteiger partial charge in [0.05, 0.1) is 29.1 Å². The van der Waals surface area contributed by atoms with Crippen LogP contribution in [0.25, 0.3) is 22.2 Å². The molecule has 0 spiro atoms. The van der Waals surface area contributed by atoms with Crippen molar-refractivity contribution < 1.29 is 30.4 Å². The number of rotatable bonds is 12. The molecule has 5 aromatic rings. The number of fused-ring (bicyclic) bond motifs is 1. The van der Waals surface area contributed by atoms with E-state index in [2.05, 4.69) is 15.3 Å². The van der Waals surface area contributed by atoms with Gasteiger partial charge in [0.15, 0.2) is 0 Å². The molecule has 0 saturated carbocycles. The second-order valence-electron chi connectivity index (χ2n) is 10.1. The molecule has 0 aliphatic carbocycles. The molecule has 0 radical (unpaired) electrons. The molecule has 0 aliphatic heterocycles. The van der Waals surface area contributed by atoms with Gasteiger partial charge in [0.1, 0.15) is 51.7 Å². The van der Waals surface area contributed by atoms with E-state index < -0.39 is 19.9 Å². The van der Waals surface area contributed by atoms with Crippen LogP contribution < -0.4 is 10.1 Å². The quantitative estimate of drug-likeness (QED) is 0.176. The van der Waals surface area contributed by atoms with E-state index >= 15 is 0 Å². The fourth-order valence-electron chi connectivity index (χ4n) is 4.35. The van der Waals surface area contributed by atoms with Gasteiger partial charge in [-0.05, 0) is 66.2 Å². The number of nitrogens with one attached hydrogen (secondary N) is 1. The Bertz CT molecular complexity index is 2040. The minimum atomic E-state index is -3.68. The molecule has 0 bridgehead atoms. The number of halogens is 2. The van der Waals surface area contributed by atoms with Crippen LogP contribution in [0.1, 0.15) is 11.3 Å². The summed E-state index contributed by atoms with van der Waals surface area (Å²) in [4.78, 5) is 8.74. The van der Waals surface area contributed by atoms with E-state index in [9.17, 15) is 21.2 Å². The van der Waals surface area contributed by atoms with Crippen molar-refractivity contribution in [2.75, 3.05) is 30.1 Å². The summed E-state index contributed by atoms with van der Waals surface area (Å²) in [6.07, 6.45) is 3.52. The Balaban J connectivity index is 1.33. The molecule has 0 fully saturated rings. The molecule has 44 heavy (non-hydrogen) atoms. The fraction of sp³-hybridized carbons (Fsp3) is 0.200. The molecular formula is C30H28ClFN4O6S2. The number of sulfone groups is 1. The molecule has 0 amide bonds. The Hall–Kier alpha value is -4.04. The highest BCUT2D eigenvalue weighted by Gasteiger charge is 2.21. The number of sulfonamides is 1. The lowest BCUT2D eigenvalue weighted by atomic mass is 10.1. The van der Waals surface area contributed by atoms with Gasteiger partial charge in [0, 0.05) is 29.4 Å². The van der Waals surface area contributed by atoms with Crippen LogP contribution >= 0.6 is 11.6 Å². The van der Waals surface area contributed by atoms with Crippen LogP contribution in [0, 0.1) is 5.82 Å². The fourth-order valence-corrected chi connectivity index (χ4v) is 6.04. The molecule has 2 aromatic heterocycles. The summed E-state index contributed by atoms with van der Waals surface area (Å²) < 4.78 is 73.9. The van der Waals surface area contributed by atoms with E-state index in [1.807, 2.05) is 18.2 Å². The topological polar surface area (TPSA) is 132 Å². The second-order valence-corrected chi connectivity index (χ2v) is 14.8. The van der Waals surface area contributed by atoms with Crippen molar-refractivity contribution in [3.63, 3.8) is 0 Å². The first kappa shape index (κ1) is 31.4. The lowest BCUT2D eigenvalue weighted by molar-refractivity contribution is 0.306. The summed E-state index contributed by atoms with van der Waals surface area (Å²) in [6, 6.07) is 20.2. The first-order valence-corrected chi connectivity index (χ1v) is 17.5. The standard InChI is InChI=1S/C30H28ClFN4O6S2/c1-43(37,38)13-12-36(44(2,39)40)17-24-8-11-28(42-24)21-6-9-27-25(15-21)30(34-19-33-27)35-23-7-10-29(26(31)16-23)41-18-20-4-3-5-22(32)14-20/h3-11,14-16,19H,12-13,17-18H2,1-2H3,(H,33,34,35). The Kier molecular flexibility index (Phi) is 9.20. The summed E-state index contributed by atoms with van der Waals surface area (Å²) in [5, 5.41) is 4.30. The third-order valence-corrected chi connectivity index (χ3v) is 9.04. The Morgan fingerprint density at radius 2 is 1.80 bits per heavy atom. The minimum Gasteiger partial charge on any atom is -0.487 e. The first-order valence-electron chi connectivity index (χ1n) is 13.2.